The summed E-state index contributed by atoms with van der Waals surface area (Å²) < 4.78 is 14.8. The Morgan fingerprint density at radius 3 is 2.29 bits per heavy atom. The van der Waals surface area contributed by atoms with Crippen molar-refractivity contribution >= 4 is 23.5 Å². The number of hydrogen-bond donors (Lipinski definition) is 2. The third kappa shape index (κ3) is 7.27. The summed E-state index contributed by atoms with van der Waals surface area (Å²) in [5.41, 5.74) is 0.863. The Balaban J connectivity index is 2.54. The molecule has 1 amide bonds. The molecule has 0 aliphatic heterocycles. The predicted molar refractivity (Wildman–Crippen MR) is 89.8 cm³/mol. The topological polar surface area (TPSA) is 85.9 Å². The van der Waals surface area contributed by atoms with Gasteiger partial charge in [0.05, 0.1) is 13.7 Å². The van der Waals surface area contributed by atoms with Crippen LogP contribution >= 0.6 is 11.6 Å². The summed E-state index contributed by atoms with van der Waals surface area (Å²) in [5.74, 6) is -0.838. The van der Waals surface area contributed by atoms with Gasteiger partial charge in [-0.25, -0.2) is 4.79 Å². The first-order chi connectivity index (χ1) is 11.5. The lowest BCUT2D eigenvalue weighted by Gasteiger charge is -2.18. The smallest absolute Gasteiger partial charge is 0.328 e. The van der Waals surface area contributed by atoms with E-state index in [1.54, 1.807) is 24.3 Å². The van der Waals surface area contributed by atoms with Gasteiger partial charge in [0, 0.05) is 32.2 Å². The third-order valence-corrected chi connectivity index (χ3v) is 3.55. The van der Waals surface area contributed by atoms with E-state index >= 15 is 0 Å². The van der Waals surface area contributed by atoms with Gasteiger partial charge in [0.15, 0.2) is 6.29 Å². The molecule has 24 heavy (non-hydrogen) atoms. The molecular formula is C16H23ClN2O5. The molecule has 2 N–H and O–H groups in total. The van der Waals surface area contributed by atoms with E-state index in [1.165, 1.54) is 21.3 Å². The van der Waals surface area contributed by atoms with Gasteiger partial charge in [0.25, 0.3) is 0 Å². The molecule has 1 rings (SSSR count). The van der Waals surface area contributed by atoms with Crippen LogP contribution in [0.15, 0.2) is 24.3 Å². The lowest BCUT2D eigenvalue weighted by molar-refractivity contribution is -0.145. The Morgan fingerprint density at radius 1 is 1.12 bits per heavy atom. The lowest BCUT2D eigenvalue weighted by atomic mass is 10.1. The Morgan fingerprint density at radius 2 is 1.75 bits per heavy atom. The number of methoxy groups -OCH3 is 3. The molecule has 0 fully saturated rings. The maximum Gasteiger partial charge on any atom is 0.328 e. The largest absolute Gasteiger partial charge is 0.467 e. The predicted octanol–water partition coefficient (Wildman–Crippen LogP) is 0.749. The number of nitrogens with one attached hydrogen (secondary N) is 2. The summed E-state index contributed by atoms with van der Waals surface area (Å²) in [5, 5.41) is 6.14. The van der Waals surface area contributed by atoms with Crippen molar-refractivity contribution in [1.29, 1.82) is 0 Å². The summed E-state index contributed by atoms with van der Waals surface area (Å²) in [4.78, 5) is 23.9. The fourth-order valence-corrected chi connectivity index (χ4v) is 2.13. The van der Waals surface area contributed by atoms with Crippen LogP contribution in [0.1, 0.15) is 5.56 Å². The van der Waals surface area contributed by atoms with E-state index in [9.17, 15) is 9.59 Å². The molecule has 0 aliphatic rings. The van der Waals surface area contributed by atoms with Gasteiger partial charge in [-0.15, -0.1) is 0 Å². The van der Waals surface area contributed by atoms with Crippen molar-refractivity contribution < 1.29 is 23.8 Å². The number of carbonyl (C=O) groups is 2. The summed E-state index contributed by atoms with van der Waals surface area (Å²) in [6, 6.07) is 6.27. The van der Waals surface area contributed by atoms with Gasteiger partial charge in [0.2, 0.25) is 5.91 Å². The van der Waals surface area contributed by atoms with E-state index in [1.807, 2.05) is 0 Å². The van der Waals surface area contributed by atoms with Gasteiger partial charge >= 0.3 is 5.97 Å². The van der Waals surface area contributed by atoms with Crippen molar-refractivity contribution in [2.45, 2.75) is 18.8 Å². The maximum absolute atomic E-state index is 12.0. The zero-order valence-electron chi connectivity index (χ0n) is 14.0. The van der Waals surface area contributed by atoms with E-state index in [0.717, 1.165) is 5.56 Å². The van der Waals surface area contributed by atoms with Crippen molar-refractivity contribution in [3.05, 3.63) is 34.9 Å². The van der Waals surface area contributed by atoms with Crippen LogP contribution < -0.4 is 10.6 Å². The molecule has 7 nitrogen and oxygen atoms in total. The second-order valence-corrected chi connectivity index (χ2v) is 5.44. The SMILES string of the molecule is COC(=O)[C@@H](Cc1ccc(Cl)cc1)NC(=O)CNCC(OC)OC. The molecule has 0 bridgehead atoms. The minimum absolute atomic E-state index is 0.0251. The fraction of sp³-hybridized carbons (Fsp3) is 0.500. The van der Waals surface area contributed by atoms with Crippen LogP contribution in [0.3, 0.4) is 0 Å². The van der Waals surface area contributed by atoms with Crippen molar-refractivity contribution in [3.63, 3.8) is 0 Å². The highest BCUT2D eigenvalue weighted by Gasteiger charge is 2.22. The second-order valence-electron chi connectivity index (χ2n) is 5.01. The molecule has 1 atom stereocenters. The number of carbonyl (C=O) groups excluding carboxylic acids is 2. The lowest BCUT2D eigenvalue weighted by Crippen LogP contribution is -2.47. The monoisotopic (exact) mass is 358 g/mol. The number of halogens is 1. The number of amides is 1. The Bertz CT molecular complexity index is 520. The Hall–Kier alpha value is -1.67. The molecular weight excluding hydrogens is 336 g/mol. The average Bonchev–Trinajstić information content (AvgIpc) is 2.59. The third-order valence-electron chi connectivity index (χ3n) is 3.30. The first-order valence-electron chi connectivity index (χ1n) is 7.38. The molecule has 0 aliphatic carbocycles. The van der Waals surface area contributed by atoms with E-state index in [4.69, 9.17) is 25.8 Å². The highest BCUT2D eigenvalue weighted by molar-refractivity contribution is 6.30. The summed E-state index contributed by atoms with van der Waals surface area (Å²) in [6.07, 6.45) is -0.128. The van der Waals surface area contributed by atoms with Gasteiger partial charge in [-0.1, -0.05) is 23.7 Å². The highest BCUT2D eigenvalue weighted by atomic mass is 35.5. The zero-order chi connectivity index (χ0) is 17.9. The molecule has 0 spiro atoms. The number of hydrogen-bond acceptors (Lipinski definition) is 6. The van der Waals surface area contributed by atoms with Gasteiger partial charge in [0.1, 0.15) is 6.04 Å². The van der Waals surface area contributed by atoms with Crippen LogP contribution in [0.4, 0.5) is 0 Å². The van der Waals surface area contributed by atoms with Crippen LogP contribution in [0.5, 0.6) is 0 Å². The molecule has 1 aromatic rings. The van der Waals surface area contributed by atoms with Crippen LogP contribution in [0.2, 0.25) is 5.02 Å². The maximum atomic E-state index is 12.0. The molecule has 134 valence electrons. The van der Waals surface area contributed by atoms with E-state index in [2.05, 4.69) is 10.6 Å². The van der Waals surface area contributed by atoms with Gasteiger partial charge in [-0.2, -0.15) is 0 Å². The minimum atomic E-state index is -0.772. The van der Waals surface area contributed by atoms with Crippen LogP contribution in [-0.2, 0) is 30.2 Å². The fourth-order valence-electron chi connectivity index (χ4n) is 2.00. The molecule has 0 heterocycles. The number of benzene rings is 1. The number of rotatable bonds is 10. The van der Waals surface area contributed by atoms with Crippen molar-refractivity contribution in [1.82, 2.24) is 10.6 Å². The number of ether oxygens (including phenoxy) is 3. The molecule has 0 radical (unpaired) electrons. The normalized spacial score (nSPS) is 12.0. The molecule has 0 unspecified atom stereocenters. The van der Waals surface area contributed by atoms with Crippen LogP contribution in [-0.4, -0.2) is 58.6 Å². The van der Waals surface area contributed by atoms with Crippen molar-refractivity contribution in [3.8, 4) is 0 Å². The second kappa shape index (κ2) is 11.0. The zero-order valence-corrected chi connectivity index (χ0v) is 14.8. The number of esters is 1. The van der Waals surface area contributed by atoms with Gasteiger partial charge < -0.3 is 24.8 Å². The summed E-state index contributed by atoms with van der Waals surface area (Å²) >= 11 is 5.84. The Kier molecular flexibility index (Phi) is 9.33. The summed E-state index contributed by atoms with van der Waals surface area (Å²) in [7, 11) is 4.30. The average molecular weight is 359 g/mol. The van der Waals surface area contributed by atoms with E-state index < -0.39 is 18.3 Å². The first-order valence-corrected chi connectivity index (χ1v) is 7.75. The molecule has 0 aromatic heterocycles. The van der Waals surface area contributed by atoms with E-state index in [0.29, 0.717) is 18.0 Å². The first kappa shape index (κ1) is 20.4. The Labute approximate surface area is 146 Å². The van der Waals surface area contributed by atoms with E-state index in [-0.39, 0.29) is 12.5 Å². The van der Waals surface area contributed by atoms with Crippen molar-refractivity contribution in [2.75, 3.05) is 34.4 Å². The van der Waals surface area contributed by atoms with Crippen LogP contribution in [0.25, 0.3) is 0 Å². The van der Waals surface area contributed by atoms with Gasteiger partial charge in [-0.05, 0) is 17.7 Å². The molecule has 0 saturated carbocycles. The van der Waals surface area contributed by atoms with Crippen LogP contribution in [0, 0.1) is 0 Å². The molecule has 0 saturated heterocycles. The standard InChI is InChI=1S/C16H23ClN2O5/c1-22-15(23-2)10-18-9-14(20)19-13(16(21)24-3)8-11-4-6-12(17)7-5-11/h4-7,13,15,18H,8-10H2,1-3H3,(H,19,20)/t13-/m1/s1. The molecule has 1 aromatic carbocycles. The minimum Gasteiger partial charge on any atom is -0.467 e. The quantitative estimate of drug-likeness (QED) is 0.474. The molecule has 8 heteroatoms. The summed E-state index contributed by atoms with van der Waals surface area (Å²) in [6.45, 7) is 0.373. The van der Waals surface area contributed by atoms with Crippen molar-refractivity contribution in [2.24, 2.45) is 0 Å². The van der Waals surface area contributed by atoms with Gasteiger partial charge in [-0.3, -0.25) is 4.79 Å². The highest BCUT2D eigenvalue weighted by Crippen LogP contribution is 2.11.